The van der Waals surface area contributed by atoms with E-state index in [0.29, 0.717) is 26.1 Å². The third-order valence-corrected chi connectivity index (χ3v) is 3.19. The maximum absolute atomic E-state index is 11.6. The van der Waals surface area contributed by atoms with Crippen molar-refractivity contribution in [3.63, 3.8) is 0 Å². The highest BCUT2D eigenvalue weighted by atomic mass is 16.5. The van der Waals surface area contributed by atoms with Gasteiger partial charge in [-0.25, -0.2) is 4.79 Å². The highest BCUT2D eigenvalue weighted by Crippen LogP contribution is 2.17. The van der Waals surface area contributed by atoms with Gasteiger partial charge in [-0.1, -0.05) is 31.5 Å². The predicted molar refractivity (Wildman–Crippen MR) is 83.6 cm³/mol. The second kappa shape index (κ2) is 8.52. The summed E-state index contributed by atoms with van der Waals surface area (Å²) in [6.07, 6.45) is 0.657. The number of carbonyl (C=O) groups is 1. The molecule has 1 rings (SSSR count). The van der Waals surface area contributed by atoms with Crippen molar-refractivity contribution in [1.29, 1.82) is 0 Å². The number of aryl methyl sites for hydroxylation is 1. The Balaban J connectivity index is 2.15. The van der Waals surface area contributed by atoms with Crippen molar-refractivity contribution >= 4 is 6.03 Å². The van der Waals surface area contributed by atoms with Crippen LogP contribution in [0.1, 0.15) is 25.8 Å². The average Bonchev–Trinajstić information content (AvgIpc) is 2.43. The summed E-state index contributed by atoms with van der Waals surface area (Å²) in [5.74, 6) is 0.798. The first-order valence-corrected chi connectivity index (χ1v) is 7.25. The molecule has 0 aliphatic carbocycles. The predicted octanol–water partition coefficient (Wildman–Crippen LogP) is 2.08. The van der Waals surface area contributed by atoms with E-state index in [-0.39, 0.29) is 18.1 Å². The van der Waals surface area contributed by atoms with E-state index in [4.69, 9.17) is 9.84 Å². The summed E-state index contributed by atoms with van der Waals surface area (Å²) >= 11 is 0. The summed E-state index contributed by atoms with van der Waals surface area (Å²) < 4.78 is 5.52. The molecule has 0 heterocycles. The van der Waals surface area contributed by atoms with E-state index in [1.807, 2.05) is 45.0 Å². The number of nitrogens with one attached hydrogen (secondary N) is 2. The number of hydrogen-bond donors (Lipinski definition) is 3. The molecule has 0 radical (unpaired) electrons. The van der Waals surface area contributed by atoms with Crippen LogP contribution in [0.25, 0.3) is 0 Å². The van der Waals surface area contributed by atoms with Crippen LogP contribution in [0.5, 0.6) is 5.75 Å². The van der Waals surface area contributed by atoms with Crippen LogP contribution in [0, 0.1) is 12.3 Å². The van der Waals surface area contributed by atoms with Gasteiger partial charge in [0.25, 0.3) is 0 Å². The van der Waals surface area contributed by atoms with Crippen molar-refractivity contribution in [2.45, 2.75) is 27.2 Å². The first-order chi connectivity index (χ1) is 9.93. The molecule has 0 aromatic heterocycles. The van der Waals surface area contributed by atoms with Crippen molar-refractivity contribution < 1.29 is 14.6 Å². The number of hydrogen-bond acceptors (Lipinski definition) is 3. The number of aliphatic hydroxyl groups excluding tert-OH is 1. The molecule has 5 nitrogen and oxygen atoms in total. The molecule has 2 amide bonds. The van der Waals surface area contributed by atoms with Crippen molar-refractivity contribution in [1.82, 2.24) is 10.6 Å². The number of urea groups is 1. The quantitative estimate of drug-likeness (QED) is 0.643. The van der Waals surface area contributed by atoms with E-state index >= 15 is 0 Å². The van der Waals surface area contributed by atoms with Gasteiger partial charge in [-0.15, -0.1) is 0 Å². The van der Waals surface area contributed by atoms with Gasteiger partial charge < -0.3 is 20.5 Å². The lowest BCUT2D eigenvalue weighted by molar-refractivity contribution is 0.200. The number of amides is 2. The zero-order valence-electron chi connectivity index (χ0n) is 13.1. The van der Waals surface area contributed by atoms with Crippen molar-refractivity contribution in [2.75, 3.05) is 26.3 Å². The van der Waals surface area contributed by atoms with Crippen LogP contribution in [0.15, 0.2) is 24.3 Å². The molecule has 21 heavy (non-hydrogen) atoms. The largest absolute Gasteiger partial charge is 0.492 e. The molecule has 0 saturated carbocycles. The number of rotatable bonds is 8. The summed E-state index contributed by atoms with van der Waals surface area (Å²) in [6, 6.07) is 7.57. The van der Waals surface area contributed by atoms with Gasteiger partial charge in [-0.2, -0.15) is 0 Å². The zero-order valence-corrected chi connectivity index (χ0v) is 13.1. The maximum Gasteiger partial charge on any atom is 0.314 e. The Morgan fingerprint density at radius 3 is 2.52 bits per heavy atom. The summed E-state index contributed by atoms with van der Waals surface area (Å²) in [5.41, 5.74) is 1.08. The summed E-state index contributed by atoms with van der Waals surface area (Å²) in [4.78, 5) is 11.6. The van der Waals surface area contributed by atoms with Crippen LogP contribution in [0.2, 0.25) is 0 Å². The SMILES string of the molecule is Cc1ccc(OCCNC(=O)NCC(C)(C)CCO)cc1. The van der Waals surface area contributed by atoms with Crippen LogP contribution in [-0.2, 0) is 0 Å². The third kappa shape index (κ3) is 7.56. The van der Waals surface area contributed by atoms with Crippen LogP contribution in [0.3, 0.4) is 0 Å². The van der Waals surface area contributed by atoms with Gasteiger partial charge in [-0.05, 0) is 30.9 Å². The Hall–Kier alpha value is -1.75. The van der Waals surface area contributed by atoms with Crippen LogP contribution >= 0.6 is 0 Å². The molecule has 0 aliphatic rings. The Morgan fingerprint density at radius 2 is 1.90 bits per heavy atom. The minimum Gasteiger partial charge on any atom is -0.492 e. The van der Waals surface area contributed by atoms with Crippen molar-refractivity contribution in [2.24, 2.45) is 5.41 Å². The van der Waals surface area contributed by atoms with E-state index < -0.39 is 0 Å². The summed E-state index contributed by atoms with van der Waals surface area (Å²) in [6.45, 7) is 7.55. The van der Waals surface area contributed by atoms with Gasteiger partial charge in [0.1, 0.15) is 12.4 Å². The average molecular weight is 294 g/mol. The van der Waals surface area contributed by atoms with Gasteiger partial charge in [0.05, 0.1) is 6.54 Å². The lowest BCUT2D eigenvalue weighted by atomic mass is 9.90. The molecule has 1 aromatic rings. The van der Waals surface area contributed by atoms with Gasteiger partial charge in [0.15, 0.2) is 0 Å². The van der Waals surface area contributed by atoms with Crippen molar-refractivity contribution in [3.8, 4) is 5.75 Å². The maximum atomic E-state index is 11.6. The Labute approximate surface area is 126 Å². The summed E-state index contributed by atoms with van der Waals surface area (Å²) in [5, 5.41) is 14.5. The fourth-order valence-electron chi connectivity index (χ4n) is 1.74. The second-order valence-corrected chi connectivity index (χ2v) is 5.91. The van der Waals surface area contributed by atoms with Crippen LogP contribution in [-0.4, -0.2) is 37.4 Å². The van der Waals surface area contributed by atoms with E-state index in [2.05, 4.69) is 10.6 Å². The molecule has 118 valence electrons. The molecular formula is C16H26N2O3. The summed E-state index contributed by atoms with van der Waals surface area (Å²) in [7, 11) is 0. The molecule has 0 saturated heterocycles. The van der Waals surface area contributed by atoms with Crippen LogP contribution < -0.4 is 15.4 Å². The molecule has 0 aliphatic heterocycles. The first kappa shape index (κ1) is 17.3. The van der Waals surface area contributed by atoms with Crippen LogP contribution in [0.4, 0.5) is 4.79 Å². The third-order valence-electron chi connectivity index (χ3n) is 3.19. The highest BCUT2D eigenvalue weighted by molar-refractivity contribution is 5.73. The standard InChI is InChI=1S/C16H26N2O3/c1-13-4-6-14(7-5-13)21-11-9-17-15(20)18-12-16(2,3)8-10-19/h4-7,19H,8-12H2,1-3H3,(H2,17,18,20). The number of carbonyl (C=O) groups excluding carboxylic acids is 1. The van der Waals surface area contributed by atoms with Gasteiger partial charge in [0.2, 0.25) is 0 Å². The fourth-order valence-corrected chi connectivity index (χ4v) is 1.74. The van der Waals surface area contributed by atoms with Crippen molar-refractivity contribution in [3.05, 3.63) is 29.8 Å². The highest BCUT2D eigenvalue weighted by Gasteiger charge is 2.17. The molecule has 0 atom stereocenters. The molecule has 0 spiro atoms. The van der Waals surface area contributed by atoms with Gasteiger partial charge >= 0.3 is 6.03 Å². The topological polar surface area (TPSA) is 70.6 Å². The number of benzene rings is 1. The molecule has 0 unspecified atom stereocenters. The Bertz CT molecular complexity index is 430. The minimum absolute atomic E-state index is 0.107. The van der Waals surface area contributed by atoms with E-state index in [1.165, 1.54) is 5.56 Å². The molecule has 0 fully saturated rings. The molecule has 0 bridgehead atoms. The first-order valence-electron chi connectivity index (χ1n) is 7.25. The molecular weight excluding hydrogens is 268 g/mol. The molecule has 5 heteroatoms. The van der Waals surface area contributed by atoms with E-state index in [1.54, 1.807) is 0 Å². The monoisotopic (exact) mass is 294 g/mol. The smallest absolute Gasteiger partial charge is 0.314 e. The van der Waals surface area contributed by atoms with E-state index in [0.717, 1.165) is 5.75 Å². The molecule has 1 aromatic carbocycles. The fraction of sp³-hybridized carbons (Fsp3) is 0.562. The van der Waals surface area contributed by atoms with Gasteiger partial charge in [0, 0.05) is 13.2 Å². The molecule has 3 N–H and O–H groups in total. The van der Waals surface area contributed by atoms with Gasteiger partial charge in [-0.3, -0.25) is 0 Å². The normalized spacial score (nSPS) is 11.0. The lowest BCUT2D eigenvalue weighted by Gasteiger charge is -2.23. The Morgan fingerprint density at radius 1 is 1.24 bits per heavy atom. The number of aliphatic hydroxyl groups is 1. The Kier molecular flexibility index (Phi) is 7.02. The van der Waals surface area contributed by atoms with E-state index in [9.17, 15) is 4.79 Å². The second-order valence-electron chi connectivity index (χ2n) is 5.91. The zero-order chi connectivity index (χ0) is 15.7. The lowest BCUT2D eigenvalue weighted by Crippen LogP contribution is -2.42. The number of ether oxygens (including phenoxy) is 1. The minimum atomic E-state index is -0.214.